The van der Waals surface area contributed by atoms with Crippen LogP contribution in [0.4, 0.5) is 24.8 Å². The molecule has 1 fully saturated rings. The van der Waals surface area contributed by atoms with Gasteiger partial charge in [-0.2, -0.15) is 13.2 Å². The second-order valence-corrected chi connectivity index (χ2v) is 11.5. The molecule has 1 aromatic heterocycles. The number of piperidine rings is 1. The first kappa shape index (κ1) is 35.1. The third kappa shape index (κ3) is 10.7. The SMILES string of the molecule is COCCN/C=C(\C=N)Nc1ncc(C#Cc2cc(C(=O)Nc3ccc(CCC4CCN(C)CC4)c(C(F)(F)F)c3)ccc2C)cn1. The second kappa shape index (κ2) is 16.7. The van der Waals surface area contributed by atoms with E-state index in [0.29, 0.717) is 48.7 Å². The van der Waals surface area contributed by atoms with Gasteiger partial charge in [0.15, 0.2) is 0 Å². The number of nitrogens with one attached hydrogen (secondary N) is 4. The molecular formula is C35H40F3N7O2. The fraction of sp³-hybridized carbons (Fsp3) is 0.371. The number of hydrogen-bond donors (Lipinski definition) is 4. The van der Waals surface area contributed by atoms with E-state index < -0.39 is 17.6 Å². The molecule has 0 aliphatic carbocycles. The number of allylic oxidation sites excluding steroid dienone is 1. The van der Waals surface area contributed by atoms with Crippen molar-refractivity contribution in [3.8, 4) is 11.8 Å². The lowest BCUT2D eigenvalue weighted by Crippen LogP contribution is -2.30. The van der Waals surface area contributed by atoms with Gasteiger partial charge >= 0.3 is 6.18 Å². The van der Waals surface area contributed by atoms with Gasteiger partial charge < -0.3 is 31.0 Å². The Labute approximate surface area is 273 Å². The molecule has 1 aliphatic heterocycles. The average molecular weight is 648 g/mol. The van der Waals surface area contributed by atoms with Gasteiger partial charge in [0, 0.05) is 55.3 Å². The summed E-state index contributed by atoms with van der Waals surface area (Å²) in [4.78, 5) is 23.8. The summed E-state index contributed by atoms with van der Waals surface area (Å²) in [7, 11) is 3.66. The quantitative estimate of drug-likeness (QED) is 0.110. The first-order valence-electron chi connectivity index (χ1n) is 15.4. The van der Waals surface area contributed by atoms with E-state index in [1.165, 1.54) is 24.5 Å². The number of alkyl halides is 3. The number of ether oxygens (including phenoxy) is 1. The van der Waals surface area contributed by atoms with E-state index in [0.717, 1.165) is 43.8 Å². The van der Waals surface area contributed by atoms with Crippen molar-refractivity contribution in [2.75, 3.05) is 51.0 Å². The van der Waals surface area contributed by atoms with Crippen molar-refractivity contribution in [1.29, 1.82) is 5.41 Å². The first-order chi connectivity index (χ1) is 22.5. The molecular weight excluding hydrogens is 607 g/mol. The maximum atomic E-state index is 14.0. The van der Waals surface area contributed by atoms with Crippen LogP contribution in [0.1, 0.15) is 57.4 Å². The zero-order valence-electron chi connectivity index (χ0n) is 26.8. The number of halogens is 3. The monoisotopic (exact) mass is 647 g/mol. The van der Waals surface area contributed by atoms with E-state index in [2.05, 4.69) is 49.7 Å². The molecule has 0 saturated carbocycles. The molecule has 1 amide bonds. The van der Waals surface area contributed by atoms with Gasteiger partial charge in [0.1, 0.15) is 0 Å². The Kier molecular flexibility index (Phi) is 12.5. The Bertz CT molecular complexity index is 1620. The van der Waals surface area contributed by atoms with Crippen molar-refractivity contribution >= 4 is 23.8 Å². The van der Waals surface area contributed by atoms with Gasteiger partial charge in [0.2, 0.25) is 5.95 Å². The van der Waals surface area contributed by atoms with Crippen LogP contribution in [0.3, 0.4) is 0 Å². The molecule has 0 spiro atoms. The van der Waals surface area contributed by atoms with Crippen LogP contribution in [0.25, 0.3) is 0 Å². The molecule has 4 rings (SSSR count). The average Bonchev–Trinajstić information content (AvgIpc) is 3.06. The molecule has 12 heteroatoms. The predicted molar refractivity (Wildman–Crippen MR) is 177 cm³/mol. The zero-order valence-corrected chi connectivity index (χ0v) is 26.8. The minimum Gasteiger partial charge on any atom is -0.387 e. The maximum absolute atomic E-state index is 14.0. The largest absolute Gasteiger partial charge is 0.416 e. The lowest BCUT2D eigenvalue weighted by atomic mass is 9.89. The molecule has 3 aromatic rings. The van der Waals surface area contributed by atoms with Crippen LogP contribution < -0.4 is 16.0 Å². The Hall–Kier alpha value is -4.73. The van der Waals surface area contributed by atoms with Gasteiger partial charge in [-0.05, 0) is 94.1 Å². The van der Waals surface area contributed by atoms with Crippen molar-refractivity contribution in [3.05, 3.63) is 94.1 Å². The van der Waals surface area contributed by atoms with Gasteiger partial charge in [0.25, 0.3) is 5.91 Å². The summed E-state index contributed by atoms with van der Waals surface area (Å²) >= 11 is 0. The number of aromatic nitrogens is 2. The number of anilines is 2. The van der Waals surface area contributed by atoms with Crippen LogP contribution >= 0.6 is 0 Å². The standard InChI is InChI=1S/C35H40F3N7O2/c1-24-4-7-29(18-28(24)9-6-26-21-41-34(42-22-26)44-31(20-39)23-40-14-17-47-3)33(46)43-30-11-10-27(32(19-30)35(36,37)38)8-5-25-12-15-45(2)16-13-25/h4,7,10-11,18-23,25,39-40H,5,8,12-17H2,1-3H3,(H,43,46)(H,41,42,44)/b31-23+,39-20?. The Morgan fingerprint density at radius 3 is 2.53 bits per heavy atom. The van der Waals surface area contributed by atoms with Crippen molar-refractivity contribution in [3.63, 3.8) is 0 Å². The summed E-state index contributed by atoms with van der Waals surface area (Å²) in [5.41, 5.74) is 2.26. The van der Waals surface area contributed by atoms with E-state index >= 15 is 0 Å². The molecule has 1 aliphatic rings. The number of amides is 1. The number of nitrogens with zero attached hydrogens (tertiary/aromatic N) is 3. The molecule has 0 unspecified atom stereocenters. The summed E-state index contributed by atoms with van der Waals surface area (Å²) in [6.45, 7) is 4.88. The lowest BCUT2D eigenvalue weighted by molar-refractivity contribution is -0.138. The van der Waals surface area contributed by atoms with Crippen molar-refractivity contribution in [2.24, 2.45) is 5.92 Å². The number of aryl methyl sites for hydroxylation is 2. The molecule has 47 heavy (non-hydrogen) atoms. The number of methoxy groups -OCH3 is 1. The van der Waals surface area contributed by atoms with Crippen LogP contribution in [0.5, 0.6) is 0 Å². The van der Waals surface area contributed by atoms with E-state index in [1.54, 1.807) is 31.5 Å². The second-order valence-electron chi connectivity index (χ2n) is 11.5. The molecule has 0 radical (unpaired) electrons. The summed E-state index contributed by atoms with van der Waals surface area (Å²) in [5.74, 6) is 6.17. The lowest BCUT2D eigenvalue weighted by Gasteiger charge is -2.29. The minimum atomic E-state index is -4.53. The highest BCUT2D eigenvalue weighted by Crippen LogP contribution is 2.35. The third-order valence-corrected chi connectivity index (χ3v) is 7.95. The van der Waals surface area contributed by atoms with Crippen molar-refractivity contribution < 1.29 is 22.7 Å². The predicted octanol–water partition coefficient (Wildman–Crippen LogP) is 5.87. The maximum Gasteiger partial charge on any atom is 0.416 e. The molecule has 0 atom stereocenters. The van der Waals surface area contributed by atoms with Crippen LogP contribution in [-0.4, -0.2) is 67.4 Å². The van der Waals surface area contributed by atoms with Crippen LogP contribution in [0.2, 0.25) is 0 Å². The smallest absolute Gasteiger partial charge is 0.387 e. The number of carbonyl (C=O) groups is 1. The number of rotatable bonds is 12. The number of likely N-dealkylation sites (tertiary alicyclic amines) is 1. The minimum absolute atomic E-state index is 0.0798. The van der Waals surface area contributed by atoms with Crippen molar-refractivity contribution in [1.82, 2.24) is 20.2 Å². The van der Waals surface area contributed by atoms with Crippen LogP contribution in [0.15, 0.2) is 60.7 Å². The van der Waals surface area contributed by atoms with Gasteiger partial charge in [-0.25, -0.2) is 9.97 Å². The molecule has 2 aromatic carbocycles. The molecule has 4 N–H and O–H groups in total. The Morgan fingerprint density at radius 2 is 1.85 bits per heavy atom. The van der Waals surface area contributed by atoms with Crippen molar-refractivity contribution in [2.45, 2.75) is 38.8 Å². The van der Waals surface area contributed by atoms with Gasteiger partial charge in [-0.15, -0.1) is 0 Å². The molecule has 1 saturated heterocycles. The zero-order chi connectivity index (χ0) is 33.8. The molecule has 248 valence electrons. The molecule has 0 bridgehead atoms. The highest BCUT2D eigenvalue weighted by atomic mass is 19.4. The summed E-state index contributed by atoms with van der Waals surface area (Å²) in [6, 6.07) is 8.98. The third-order valence-electron chi connectivity index (χ3n) is 7.95. The molecule has 2 heterocycles. The Morgan fingerprint density at radius 1 is 1.11 bits per heavy atom. The summed E-state index contributed by atoms with van der Waals surface area (Å²) in [5, 5.41) is 16.1. The number of hydrogen-bond acceptors (Lipinski definition) is 8. The topological polar surface area (TPSA) is 115 Å². The van der Waals surface area contributed by atoms with E-state index in [4.69, 9.17) is 10.1 Å². The highest BCUT2D eigenvalue weighted by molar-refractivity contribution is 6.04. The van der Waals surface area contributed by atoms with Gasteiger partial charge in [-0.3, -0.25) is 4.79 Å². The van der Waals surface area contributed by atoms with Gasteiger partial charge in [-0.1, -0.05) is 24.0 Å². The number of benzene rings is 2. The number of carbonyl (C=O) groups excluding carboxylic acids is 1. The fourth-order valence-corrected chi connectivity index (χ4v) is 5.13. The van der Waals surface area contributed by atoms with Crippen LogP contribution in [0, 0.1) is 30.1 Å². The summed E-state index contributed by atoms with van der Waals surface area (Å²) in [6.07, 6.45) is 4.32. The first-order valence-corrected chi connectivity index (χ1v) is 15.4. The normalized spacial score (nSPS) is 14.2. The van der Waals surface area contributed by atoms with E-state index in [1.807, 2.05) is 6.92 Å². The highest BCUT2D eigenvalue weighted by Gasteiger charge is 2.34. The molecule has 9 nitrogen and oxygen atoms in total. The summed E-state index contributed by atoms with van der Waals surface area (Å²) < 4.78 is 47.0. The Balaban J connectivity index is 1.42. The van der Waals surface area contributed by atoms with Crippen LogP contribution in [-0.2, 0) is 17.3 Å². The van der Waals surface area contributed by atoms with E-state index in [9.17, 15) is 18.0 Å². The van der Waals surface area contributed by atoms with Gasteiger partial charge in [0.05, 0.1) is 23.4 Å². The van der Waals surface area contributed by atoms with E-state index in [-0.39, 0.29) is 22.8 Å². The fourth-order valence-electron chi connectivity index (χ4n) is 5.13.